The molecule has 0 amide bonds. The van der Waals surface area contributed by atoms with Crippen LogP contribution in [-0.2, 0) is 20.7 Å². The lowest BCUT2D eigenvalue weighted by atomic mass is 9.62. The average Bonchev–Trinajstić information content (AvgIpc) is 3.10. The fourth-order valence-electron chi connectivity index (χ4n) is 7.51. The Kier molecular flexibility index (Phi) is 8.56. The minimum Gasteiger partial charge on any atom is -0.219 e. The fraction of sp³-hybridized carbons (Fsp3) is 0.143. The van der Waals surface area contributed by atoms with Crippen LogP contribution in [0, 0.1) is 11.8 Å². The second-order valence-corrected chi connectivity index (χ2v) is 13.7. The van der Waals surface area contributed by atoms with Crippen molar-refractivity contribution in [3.8, 4) is 0 Å². The SMILES string of the molecule is C=CCC1C(S(=O)(=O)C2=CC=CC(c3ccccc3)(c3ccccc3)C2CC=C)=CC=CC1(c1ccccc1)c1ccccc1. The molecule has 0 N–H and O–H groups in total. The molecular weight excluding hydrogens is 569 g/mol. The van der Waals surface area contributed by atoms with E-state index in [0.29, 0.717) is 22.7 Å². The molecule has 0 heterocycles. The largest absolute Gasteiger partial charge is 0.219 e. The first-order valence-corrected chi connectivity index (χ1v) is 17.0. The molecule has 224 valence electrons. The van der Waals surface area contributed by atoms with Crippen LogP contribution in [0.15, 0.2) is 193 Å². The Morgan fingerprint density at radius 2 is 0.800 bits per heavy atom. The van der Waals surface area contributed by atoms with Crippen molar-refractivity contribution >= 4 is 9.84 Å². The van der Waals surface area contributed by atoms with Gasteiger partial charge in [0.25, 0.3) is 0 Å². The van der Waals surface area contributed by atoms with E-state index in [1.807, 2.05) is 109 Å². The van der Waals surface area contributed by atoms with Crippen molar-refractivity contribution in [2.45, 2.75) is 23.7 Å². The molecule has 0 bridgehead atoms. The van der Waals surface area contributed by atoms with E-state index in [1.165, 1.54) is 0 Å². The minimum absolute atomic E-state index is 0.406. The van der Waals surface area contributed by atoms with Crippen molar-refractivity contribution in [1.29, 1.82) is 0 Å². The first-order valence-electron chi connectivity index (χ1n) is 15.5. The molecular formula is C42H38O2S. The fourth-order valence-corrected chi connectivity index (χ4v) is 9.61. The van der Waals surface area contributed by atoms with Gasteiger partial charge in [-0.2, -0.15) is 0 Å². The minimum atomic E-state index is -3.98. The predicted octanol–water partition coefficient (Wildman–Crippen LogP) is 9.67. The van der Waals surface area contributed by atoms with Crippen LogP contribution >= 0.6 is 0 Å². The van der Waals surface area contributed by atoms with Crippen molar-refractivity contribution in [3.05, 3.63) is 215 Å². The highest BCUT2D eigenvalue weighted by molar-refractivity contribution is 7.99. The van der Waals surface area contributed by atoms with Crippen molar-refractivity contribution in [1.82, 2.24) is 0 Å². The number of hydrogen-bond donors (Lipinski definition) is 0. The summed E-state index contributed by atoms with van der Waals surface area (Å²) in [6.45, 7) is 8.20. The van der Waals surface area contributed by atoms with Gasteiger partial charge in [0.15, 0.2) is 9.84 Å². The number of rotatable bonds is 10. The Morgan fingerprint density at radius 1 is 0.511 bits per heavy atom. The van der Waals surface area contributed by atoms with Crippen LogP contribution in [0.1, 0.15) is 35.1 Å². The van der Waals surface area contributed by atoms with E-state index in [9.17, 15) is 0 Å². The Hall–Kier alpha value is -4.73. The second kappa shape index (κ2) is 12.7. The molecule has 0 radical (unpaired) electrons. The number of hydrogen-bond acceptors (Lipinski definition) is 2. The van der Waals surface area contributed by atoms with Gasteiger partial charge in [-0.3, -0.25) is 0 Å². The van der Waals surface area contributed by atoms with E-state index in [2.05, 4.69) is 73.8 Å². The smallest absolute Gasteiger partial charge is 0.199 e. The molecule has 0 saturated heterocycles. The molecule has 4 aromatic rings. The maximum atomic E-state index is 15.3. The summed E-state index contributed by atoms with van der Waals surface area (Å²) in [5.41, 5.74) is 2.77. The van der Waals surface area contributed by atoms with Gasteiger partial charge in [-0.1, -0.05) is 158 Å². The van der Waals surface area contributed by atoms with Gasteiger partial charge in [-0.05, 0) is 47.2 Å². The van der Waals surface area contributed by atoms with Gasteiger partial charge in [0.2, 0.25) is 0 Å². The van der Waals surface area contributed by atoms with Crippen LogP contribution in [0.5, 0.6) is 0 Å². The zero-order valence-electron chi connectivity index (χ0n) is 25.4. The molecule has 0 fully saturated rings. The van der Waals surface area contributed by atoms with Crippen molar-refractivity contribution in [3.63, 3.8) is 0 Å². The highest BCUT2D eigenvalue weighted by atomic mass is 32.2. The lowest BCUT2D eigenvalue weighted by Gasteiger charge is -2.45. The highest BCUT2D eigenvalue weighted by Gasteiger charge is 2.51. The van der Waals surface area contributed by atoms with Crippen molar-refractivity contribution in [2.24, 2.45) is 11.8 Å². The zero-order chi connectivity index (χ0) is 31.3. The number of allylic oxidation sites excluding steroid dienone is 10. The van der Waals surface area contributed by atoms with E-state index in [4.69, 9.17) is 0 Å². The van der Waals surface area contributed by atoms with E-state index in [1.54, 1.807) is 0 Å². The molecule has 2 nitrogen and oxygen atoms in total. The Bertz CT molecular complexity index is 1670. The molecule has 6 rings (SSSR count). The van der Waals surface area contributed by atoms with Gasteiger partial charge in [0.1, 0.15) is 0 Å². The zero-order valence-corrected chi connectivity index (χ0v) is 26.2. The lowest BCUT2D eigenvalue weighted by Crippen LogP contribution is -2.42. The van der Waals surface area contributed by atoms with Crippen molar-refractivity contribution in [2.75, 3.05) is 0 Å². The summed E-state index contributed by atoms with van der Waals surface area (Å²) in [6, 6.07) is 41.0. The first-order chi connectivity index (χ1) is 22.0. The van der Waals surface area contributed by atoms with Crippen LogP contribution in [0.2, 0.25) is 0 Å². The monoisotopic (exact) mass is 606 g/mol. The van der Waals surface area contributed by atoms with E-state index >= 15 is 8.42 Å². The maximum absolute atomic E-state index is 15.3. The van der Waals surface area contributed by atoms with Gasteiger partial charge < -0.3 is 0 Å². The molecule has 4 aromatic carbocycles. The molecule has 45 heavy (non-hydrogen) atoms. The molecule has 2 unspecified atom stereocenters. The van der Waals surface area contributed by atoms with Crippen LogP contribution in [0.4, 0.5) is 0 Å². The molecule has 0 aliphatic heterocycles. The Morgan fingerprint density at radius 3 is 1.07 bits per heavy atom. The van der Waals surface area contributed by atoms with Crippen LogP contribution in [0.25, 0.3) is 0 Å². The molecule has 0 saturated carbocycles. The highest BCUT2D eigenvalue weighted by Crippen LogP contribution is 2.54. The van der Waals surface area contributed by atoms with Gasteiger partial charge in [-0.25, -0.2) is 8.42 Å². The Balaban J connectivity index is 1.56. The average molecular weight is 607 g/mol. The van der Waals surface area contributed by atoms with Gasteiger partial charge in [0.05, 0.1) is 9.81 Å². The van der Waals surface area contributed by atoms with E-state index in [-0.39, 0.29) is 0 Å². The van der Waals surface area contributed by atoms with Gasteiger partial charge >= 0.3 is 0 Å². The van der Waals surface area contributed by atoms with Crippen LogP contribution in [-0.4, -0.2) is 8.42 Å². The maximum Gasteiger partial charge on any atom is 0.199 e. The lowest BCUT2D eigenvalue weighted by molar-refractivity contribution is 0.437. The summed E-state index contributed by atoms with van der Waals surface area (Å²) in [7, 11) is -3.98. The first kappa shape index (κ1) is 30.3. The molecule has 0 aromatic heterocycles. The summed E-state index contributed by atoms with van der Waals surface area (Å²) in [5, 5.41) is 0. The normalized spacial score (nSPS) is 20.1. The summed E-state index contributed by atoms with van der Waals surface area (Å²) in [5.74, 6) is -0.817. The van der Waals surface area contributed by atoms with Crippen LogP contribution < -0.4 is 0 Å². The summed E-state index contributed by atoms with van der Waals surface area (Å²) < 4.78 is 30.7. The molecule has 0 spiro atoms. The van der Waals surface area contributed by atoms with E-state index in [0.717, 1.165) is 22.3 Å². The standard InChI is InChI=1S/C42H38O2S/c1-3-19-37-39(29-17-31-41(37,33-21-9-5-10-22-33)34-23-11-6-12-24-34)45(43,44)40-30-18-32-42(38(40)20-4-2,35-25-13-7-14-26-35)36-27-15-8-16-28-36/h3-18,21-32,37-38H,1-2,19-20H2. The third-order valence-electron chi connectivity index (χ3n) is 9.46. The third-order valence-corrected chi connectivity index (χ3v) is 11.5. The number of sulfone groups is 1. The third kappa shape index (κ3) is 5.11. The van der Waals surface area contributed by atoms with Gasteiger partial charge in [0, 0.05) is 22.7 Å². The number of benzene rings is 4. The Labute approximate surface area is 268 Å². The molecule has 2 aliphatic carbocycles. The predicted molar refractivity (Wildman–Crippen MR) is 187 cm³/mol. The van der Waals surface area contributed by atoms with Crippen molar-refractivity contribution < 1.29 is 8.42 Å². The summed E-state index contributed by atoms with van der Waals surface area (Å²) >= 11 is 0. The second-order valence-electron chi connectivity index (χ2n) is 11.7. The molecule has 3 heteroatoms. The van der Waals surface area contributed by atoms with Crippen LogP contribution in [0.3, 0.4) is 0 Å². The summed E-state index contributed by atoms with van der Waals surface area (Å²) in [4.78, 5) is 0.812. The quantitative estimate of drug-likeness (QED) is 0.168. The topological polar surface area (TPSA) is 34.1 Å². The molecule has 2 aliphatic rings. The van der Waals surface area contributed by atoms with Gasteiger partial charge in [-0.15, -0.1) is 13.2 Å². The summed E-state index contributed by atoms with van der Waals surface area (Å²) in [6.07, 6.45) is 16.5. The molecule has 2 atom stereocenters. The van der Waals surface area contributed by atoms with E-state index < -0.39 is 32.5 Å².